The van der Waals surface area contributed by atoms with E-state index in [4.69, 9.17) is 9.37 Å². The number of nitrogens with zero attached hydrogens (tertiary/aromatic N) is 5. The molecule has 29 heavy (non-hydrogen) atoms. The third kappa shape index (κ3) is 6.23. The van der Waals surface area contributed by atoms with Gasteiger partial charge in [-0.05, 0) is 64.7 Å². The zero-order valence-electron chi connectivity index (χ0n) is 18.3. The van der Waals surface area contributed by atoms with Crippen LogP contribution in [0.4, 0.5) is 0 Å². The number of carbonyl (C=O) groups is 1. The smallest absolute Gasteiger partial charge is 0.228 e. The van der Waals surface area contributed by atoms with Crippen molar-refractivity contribution in [2.45, 2.75) is 52.0 Å². The minimum Gasteiger partial charge on any atom is -0.383 e. The summed E-state index contributed by atoms with van der Waals surface area (Å²) in [7, 11) is 1.75. The molecule has 0 unspecified atom stereocenters. The number of rotatable bonds is 10. The molecule has 1 amide bonds. The molecule has 0 aliphatic carbocycles. The first-order valence-corrected chi connectivity index (χ1v) is 11.1. The van der Waals surface area contributed by atoms with Gasteiger partial charge in [-0.25, -0.2) is 4.63 Å². The molecule has 3 rings (SSSR count). The maximum atomic E-state index is 13.2. The number of aryl methyl sites for hydroxylation is 1. The van der Waals surface area contributed by atoms with Gasteiger partial charge in [0.1, 0.15) is 11.4 Å². The van der Waals surface area contributed by atoms with Gasteiger partial charge in [-0.2, -0.15) is 0 Å². The van der Waals surface area contributed by atoms with Gasteiger partial charge in [0.2, 0.25) is 5.91 Å². The predicted molar refractivity (Wildman–Crippen MR) is 111 cm³/mol. The van der Waals surface area contributed by atoms with E-state index < -0.39 is 0 Å². The molecule has 2 saturated heterocycles. The van der Waals surface area contributed by atoms with E-state index in [0.717, 1.165) is 65.3 Å². The van der Waals surface area contributed by atoms with E-state index in [2.05, 4.69) is 31.9 Å². The molecule has 8 nitrogen and oxygen atoms in total. The van der Waals surface area contributed by atoms with Crippen molar-refractivity contribution in [3.8, 4) is 0 Å². The molecular weight excluding hydrogens is 370 g/mol. The number of methoxy groups -OCH3 is 1. The summed E-state index contributed by atoms with van der Waals surface area (Å²) in [4.78, 5) is 20.3. The van der Waals surface area contributed by atoms with E-state index in [1.807, 2.05) is 6.92 Å². The van der Waals surface area contributed by atoms with Crippen molar-refractivity contribution in [2.24, 2.45) is 5.92 Å². The first-order chi connectivity index (χ1) is 14.1. The molecule has 0 spiro atoms. The molecular formula is C21H37N5O3. The molecule has 1 atom stereocenters. The van der Waals surface area contributed by atoms with Crippen LogP contribution in [0.1, 0.15) is 44.0 Å². The molecule has 0 N–H and O–H groups in total. The normalized spacial score (nSPS) is 21.7. The van der Waals surface area contributed by atoms with Gasteiger partial charge < -0.3 is 14.5 Å². The number of carbonyl (C=O) groups excluding carboxylic acids is 1. The minimum absolute atomic E-state index is 0.147. The van der Waals surface area contributed by atoms with E-state index in [0.29, 0.717) is 23.3 Å². The summed E-state index contributed by atoms with van der Waals surface area (Å²) in [5.74, 6) is 0.708. The highest BCUT2D eigenvalue weighted by atomic mass is 16.6. The Balaban J connectivity index is 1.59. The third-order valence-corrected chi connectivity index (χ3v) is 6.55. The Labute approximate surface area is 174 Å². The fourth-order valence-corrected chi connectivity index (χ4v) is 4.64. The Morgan fingerprint density at radius 1 is 1.21 bits per heavy atom. The highest BCUT2D eigenvalue weighted by Gasteiger charge is 2.30. The van der Waals surface area contributed by atoms with Crippen LogP contribution < -0.4 is 0 Å². The summed E-state index contributed by atoms with van der Waals surface area (Å²) < 4.78 is 10.00. The Morgan fingerprint density at radius 2 is 2.00 bits per heavy atom. The average Bonchev–Trinajstić information content (AvgIpc) is 3.35. The Morgan fingerprint density at radius 3 is 2.66 bits per heavy atom. The average molecular weight is 408 g/mol. The molecule has 3 heterocycles. The predicted octanol–water partition coefficient (Wildman–Crippen LogP) is 1.59. The second-order valence-electron chi connectivity index (χ2n) is 8.47. The van der Waals surface area contributed by atoms with Crippen LogP contribution in [0, 0.1) is 12.8 Å². The van der Waals surface area contributed by atoms with Gasteiger partial charge in [-0.15, -0.1) is 0 Å². The minimum atomic E-state index is 0.147. The molecule has 0 saturated carbocycles. The molecule has 2 aliphatic rings. The molecule has 164 valence electrons. The van der Waals surface area contributed by atoms with E-state index in [1.54, 1.807) is 7.11 Å². The van der Waals surface area contributed by atoms with Crippen LogP contribution >= 0.6 is 0 Å². The van der Waals surface area contributed by atoms with Crippen LogP contribution in [-0.4, -0.2) is 96.5 Å². The van der Waals surface area contributed by atoms with Crippen LogP contribution in [-0.2, 0) is 16.0 Å². The van der Waals surface area contributed by atoms with Gasteiger partial charge in [0.25, 0.3) is 0 Å². The molecule has 1 aromatic heterocycles. The number of aromatic nitrogens is 2. The molecule has 8 heteroatoms. The maximum absolute atomic E-state index is 13.2. The Hall–Kier alpha value is -1.51. The summed E-state index contributed by atoms with van der Waals surface area (Å²) in [6.45, 7) is 11.9. The fourth-order valence-electron chi connectivity index (χ4n) is 4.64. The summed E-state index contributed by atoms with van der Waals surface area (Å²) in [6.07, 6.45) is 4.96. The second kappa shape index (κ2) is 11.0. The van der Waals surface area contributed by atoms with Crippen molar-refractivity contribution in [1.29, 1.82) is 0 Å². The van der Waals surface area contributed by atoms with E-state index in [1.165, 1.54) is 12.8 Å². The SMILES string of the molecule is CCN1CCC[C@@H]1CN(CC1CCN(CCOC)CC1)C(=O)Cc1nonc1C. The van der Waals surface area contributed by atoms with Gasteiger partial charge in [-0.3, -0.25) is 9.69 Å². The number of amides is 1. The summed E-state index contributed by atoms with van der Waals surface area (Å²) in [5.41, 5.74) is 1.37. The lowest BCUT2D eigenvalue weighted by Crippen LogP contribution is -2.47. The van der Waals surface area contributed by atoms with Gasteiger partial charge in [0.15, 0.2) is 0 Å². The number of hydrogen-bond acceptors (Lipinski definition) is 7. The molecule has 0 radical (unpaired) electrons. The summed E-state index contributed by atoms with van der Waals surface area (Å²) in [6, 6.07) is 0.474. The fraction of sp³-hybridized carbons (Fsp3) is 0.857. The number of ether oxygens (including phenoxy) is 1. The van der Waals surface area contributed by atoms with Crippen molar-refractivity contribution in [1.82, 2.24) is 25.0 Å². The number of likely N-dealkylation sites (N-methyl/N-ethyl adjacent to an activating group) is 1. The van der Waals surface area contributed by atoms with Crippen LogP contribution in [0.2, 0.25) is 0 Å². The molecule has 1 aromatic rings. The van der Waals surface area contributed by atoms with Gasteiger partial charge in [0, 0.05) is 32.8 Å². The van der Waals surface area contributed by atoms with Crippen LogP contribution in [0.25, 0.3) is 0 Å². The van der Waals surface area contributed by atoms with Gasteiger partial charge in [-0.1, -0.05) is 17.2 Å². The molecule has 0 aromatic carbocycles. The van der Waals surface area contributed by atoms with Crippen molar-refractivity contribution in [2.75, 3.05) is 59.5 Å². The number of piperidine rings is 1. The largest absolute Gasteiger partial charge is 0.383 e. The van der Waals surface area contributed by atoms with Crippen molar-refractivity contribution >= 4 is 5.91 Å². The monoisotopic (exact) mass is 407 g/mol. The Bertz CT molecular complexity index is 630. The maximum Gasteiger partial charge on any atom is 0.228 e. The lowest BCUT2D eigenvalue weighted by Gasteiger charge is -2.36. The van der Waals surface area contributed by atoms with Crippen molar-refractivity contribution in [3.63, 3.8) is 0 Å². The topological polar surface area (TPSA) is 74.9 Å². The summed E-state index contributed by atoms with van der Waals surface area (Å²) in [5, 5.41) is 7.75. The van der Waals surface area contributed by atoms with Crippen LogP contribution in [0.15, 0.2) is 4.63 Å². The van der Waals surface area contributed by atoms with Gasteiger partial charge >= 0.3 is 0 Å². The standard InChI is InChI=1S/C21H37N5O3/c1-4-25-9-5-6-19(25)16-26(21(27)14-20-17(2)22-29-23-20)15-18-7-10-24(11-8-18)12-13-28-3/h18-19H,4-16H2,1-3H3/t19-/m1/s1. The van der Waals surface area contributed by atoms with Crippen LogP contribution in [0.3, 0.4) is 0 Å². The second-order valence-corrected chi connectivity index (χ2v) is 8.47. The third-order valence-electron chi connectivity index (χ3n) is 6.55. The highest BCUT2D eigenvalue weighted by molar-refractivity contribution is 5.78. The molecule has 2 fully saturated rings. The number of likely N-dealkylation sites (tertiary alicyclic amines) is 2. The molecule has 0 bridgehead atoms. The van der Waals surface area contributed by atoms with E-state index >= 15 is 0 Å². The number of hydrogen-bond donors (Lipinski definition) is 0. The highest BCUT2D eigenvalue weighted by Crippen LogP contribution is 2.22. The molecule has 2 aliphatic heterocycles. The quantitative estimate of drug-likeness (QED) is 0.583. The lowest BCUT2D eigenvalue weighted by atomic mass is 9.95. The van der Waals surface area contributed by atoms with Crippen LogP contribution in [0.5, 0.6) is 0 Å². The first kappa shape index (κ1) is 22.2. The van der Waals surface area contributed by atoms with Gasteiger partial charge in [0.05, 0.1) is 13.0 Å². The first-order valence-electron chi connectivity index (χ1n) is 11.1. The zero-order chi connectivity index (χ0) is 20.6. The van der Waals surface area contributed by atoms with Crippen molar-refractivity contribution < 1.29 is 14.2 Å². The summed E-state index contributed by atoms with van der Waals surface area (Å²) >= 11 is 0. The van der Waals surface area contributed by atoms with E-state index in [9.17, 15) is 4.79 Å². The van der Waals surface area contributed by atoms with E-state index in [-0.39, 0.29) is 12.3 Å². The Kier molecular flexibility index (Phi) is 8.44. The zero-order valence-corrected chi connectivity index (χ0v) is 18.3. The van der Waals surface area contributed by atoms with Crippen molar-refractivity contribution in [3.05, 3.63) is 11.4 Å². The lowest BCUT2D eigenvalue weighted by molar-refractivity contribution is -0.132.